The fourth-order valence-corrected chi connectivity index (χ4v) is 3.36. The number of benzene rings is 1. The molecule has 0 aliphatic heterocycles. The van der Waals surface area contributed by atoms with Crippen molar-refractivity contribution >= 4 is 21.7 Å². The standard InChI is InChI=1S/C20H24N4O4S/c1-20(2,3)15-7-5-14(6-8-15)13-24-17(11-12-22-24)23-19(25)16-9-10-18(28-16)29(26,27)21-4/h5-12,21H,13H2,1-4H3,(H,23,25). The van der Waals surface area contributed by atoms with Crippen molar-refractivity contribution in [2.24, 2.45) is 0 Å². The second kappa shape index (κ2) is 7.84. The van der Waals surface area contributed by atoms with Gasteiger partial charge in [-0.2, -0.15) is 5.10 Å². The van der Waals surface area contributed by atoms with E-state index in [1.165, 1.54) is 24.7 Å². The van der Waals surface area contributed by atoms with Crippen LogP contribution in [-0.4, -0.2) is 31.2 Å². The van der Waals surface area contributed by atoms with Crippen LogP contribution in [0.15, 0.2) is 58.2 Å². The summed E-state index contributed by atoms with van der Waals surface area (Å²) in [7, 11) is -2.48. The van der Waals surface area contributed by atoms with Gasteiger partial charge in [0.2, 0.25) is 5.09 Å². The SMILES string of the molecule is CNS(=O)(=O)c1ccc(C(=O)Nc2ccnn2Cc2ccc(C(C)(C)C)cc2)o1. The van der Waals surface area contributed by atoms with Gasteiger partial charge in [-0.15, -0.1) is 0 Å². The number of rotatable bonds is 6. The van der Waals surface area contributed by atoms with Gasteiger partial charge in [0.1, 0.15) is 5.82 Å². The van der Waals surface area contributed by atoms with Crippen LogP contribution in [0.4, 0.5) is 5.82 Å². The van der Waals surface area contributed by atoms with Gasteiger partial charge in [0, 0.05) is 6.07 Å². The molecule has 9 heteroatoms. The zero-order chi connectivity index (χ0) is 21.2. The molecular formula is C20H24N4O4S. The third-order valence-corrected chi connectivity index (χ3v) is 5.74. The van der Waals surface area contributed by atoms with Crippen molar-refractivity contribution < 1.29 is 17.6 Å². The number of nitrogens with one attached hydrogen (secondary N) is 2. The Hall–Kier alpha value is -2.91. The van der Waals surface area contributed by atoms with Gasteiger partial charge in [-0.05, 0) is 35.7 Å². The molecule has 154 valence electrons. The summed E-state index contributed by atoms with van der Waals surface area (Å²) in [4.78, 5) is 12.4. The van der Waals surface area contributed by atoms with Crippen molar-refractivity contribution in [3.8, 4) is 0 Å². The average molecular weight is 417 g/mol. The lowest BCUT2D eigenvalue weighted by Crippen LogP contribution is -2.18. The van der Waals surface area contributed by atoms with Gasteiger partial charge in [0.25, 0.3) is 15.9 Å². The minimum Gasteiger partial charge on any atom is -0.438 e. The predicted octanol–water partition coefficient (Wildman–Crippen LogP) is 2.98. The third kappa shape index (κ3) is 4.75. The maximum Gasteiger partial charge on any atom is 0.292 e. The summed E-state index contributed by atoms with van der Waals surface area (Å²) in [5.74, 6) is -0.196. The molecule has 0 saturated carbocycles. The van der Waals surface area contributed by atoms with E-state index < -0.39 is 15.9 Å². The molecule has 3 rings (SSSR count). The second-order valence-corrected chi connectivity index (χ2v) is 9.42. The Morgan fingerprint density at radius 1 is 1.10 bits per heavy atom. The summed E-state index contributed by atoms with van der Waals surface area (Å²) in [5, 5.41) is 6.63. The van der Waals surface area contributed by atoms with E-state index >= 15 is 0 Å². The molecule has 3 aromatic rings. The smallest absolute Gasteiger partial charge is 0.292 e. The number of aromatic nitrogens is 2. The summed E-state index contributed by atoms with van der Waals surface area (Å²) < 4.78 is 32.4. The van der Waals surface area contributed by atoms with Crippen LogP contribution in [0.1, 0.15) is 42.5 Å². The summed E-state index contributed by atoms with van der Waals surface area (Å²) in [5.41, 5.74) is 2.35. The van der Waals surface area contributed by atoms with Gasteiger partial charge in [-0.1, -0.05) is 45.0 Å². The van der Waals surface area contributed by atoms with E-state index in [1.54, 1.807) is 16.9 Å². The molecule has 0 atom stereocenters. The van der Waals surface area contributed by atoms with Gasteiger partial charge < -0.3 is 9.73 Å². The average Bonchev–Trinajstić information content (AvgIpc) is 3.32. The van der Waals surface area contributed by atoms with Gasteiger partial charge in [0.05, 0.1) is 12.7 Å². The molecule has 0 radical (unpaired) electrons. The van der Waals surface area contributed by atoms with E-state index in [-0.39, 0.29) is 16.3 Å². The highest BCUT2D eigenvalue weighted by Gasteiger charge is 2.20. The van der Waals surface area contributed by atoms with Gasteiger partial charge in [-0.25, -0.2) is 17.8 Å². The van der Waals surface area contributed by atoms with E-state index in [1.807, 2.05) is 12.1 Å². The molecule has 1 amide bonds. The lowest BCUT2D eigenvalue weighted by molar-refractivity contribution is 0.0990. The van der Waals surface area contributed by atoms with E-state index in [0.717, 1.165) is 5.56 Å². The van der Waals surface area contributed by atoms with Crippen molar-refractivity contribution in [1.29, 1.82) is 0 Å². The Bertz CT molecular complexity index is 1110. The minimum atomic E-state index is -3.75. The van der Waals surface area contributed by atoms with Crippen molar-refractivity contribution in [3.63, 3.8) is 0 Å². The molecule has 2 aromatic heterocycles. The first-order valence-corrected chi connectivity index (χ1v) is 10.5. The summed E-state index contributed by atoms with van der Waals surface area (Å²) >= 11 is 0. The molecule has 2 N–H and O–H groups in total. The molecule has 0 spiro atoms. The van der Waals surface area contributed by atoms with E-state index in [9.17, 15) is 13.2 Å². The Morgan fingerprint density at radius 3 is 2.41 bits per heavy atom. The number of carbonyl (C=O) groups excluding carboxylic acids is 1. The monoisotopic (exact) mass is 416 g/mol. The van der Waals surface area contributed by atoms with Crippen molar-refractivity contribution in [2.75, 3.05) is 12.4 Å². The molecule has 0 aliphatic carbocycles. The Morgan fingerprint density at radius 2 is 1.79 bits per heavy atom. The maximum atomic E-state index is 12.4. The van der Waals surface area contributed by atoms with Crippen LogP contribution < -0.4 is 10.0 Å². The Labute approximate surface area is 170 Å². The highest BCUT2D eigenvalue weighted by atomic mass is 32.2. The largest absolute Gasteiger partial charge is 0.438 e. The first-order valence-electron chi connectivity index (χ1n) is 9.06. The molecule has 8 nitrogen and oxygen atoms in total. The Balaban J connectivity index is 1.73. The van der Waals surface area contributed by atoms with Gasteiger partial charge >= 0.3 is 0 Å². The number of nitrogens with zero attached hydrogens (tertiary/aromatic N) is 2. The molecule has 0 aliphatic rings. The second-order valence-electron chi connectivity index (χ2n) is 7.60. The summed E-state index contributed by atoms with van der Waals surface area (Å²) in [6.45, 7) is 6.95. The van der Waals surface area contributed by atoms with Gasteiger partial charge in [-0.3, -0.25) is 4.79 Å². The fourth-order valence-electron chi connectivity index (χ4n) is 2.71. The molecular weight excluding hydrogens is 392 g/mol. The van der Waals surface area contributed by atoms with Crippen LogP contribution in [0.5, 0.6) is 0 Å². The predicted molar refractivity (Wildman–Crippen MR) is 109 cm³/mol. The summed E-state index contributed by atoms with van der Waals surface area (Å²) in [6, 6.07) is 12.5. The van der Waals surface area contributed by atoms with E-state index in [4.69, 9.17) is 4.42 Å². The number of carbonyl (C=O) groups is 1. The van der Waals surface area contributed by atoms with Crippen LogP contribution in [0, 0.1) is 0 Å². The third-order valence-electron chi connectivity index (χ3n) is 4.45. The highest BCUT2D eigenvalue weighted by Crippen LogP contribution is 2.23. The minimum absolute atomic E-state index is 0.0754. The number of anilines is 1. The lowest BCUT2D eigenvalue weighted by atomic mass is 9.87. The number of hydrogen-bond acceptors (Lipinski definition) is 5. The lowest BCUT2D eigenvalue weighted by Gasteiger charge is -2.19. The first kappa shape index (κ1) is 20.8. The normalized spacial score (nSPS) is 12.1. The van der Waals surface area contributed by atoms with Crippen LogP contribution >= 0.6 is 0 Å². The molecule has 0 saturated heterocycles. The molecule has 0 bridgehead atoms. The van der Waals surface area contributed by atoms with E-state index in [2.05, 4.69) is 48.0 Å². The van der Waals surface area contributed by atoms with Crippen LogP contribution in [0.2, 0.25) is 0 Å². The molecule has 29 heavy (non-hydrogen) atoms. The van der Waals surface area contributed by atoms with Crippen LogP contribution in [0.3, 0.4) is 0 Å². The highest BCUT2D eigenvalue weighted by molar-refractivity contribution is 7.89. The number of sulfonamides is 1. The molecule has 2 heterocycles. The first-order chi connectivity index (χ1) is 13.6. The van der Waals surface area contributed by atoms with Crippen LogP contribution in [-0.2, 0) is 22.0 Å². The van der Waals surface area contributed by atoms with Crippen molar-refractivity contribution in [1.82, 2.24) is 14.5 Å². The van der Waals surface area contributed by atoms with Crippen molar-refractivity contribution in [2.45, 2.75) is 37.8 Å². The zero-order valence-electron chi connectivity index (χ0n) is 16.8. The van der Waals surface area contributed by atoms with E-state index in [0.29, 0.717) is 12.4 Å². The number of furan rings is 1. The number of amides is 1. The van der Waals surface area contributed by atoms with Crippen molar-refractivity contribution in [3.05, 3.63) is 65.5 Å². The molecule has 0 fully saturated rings. The number of hydrogen-bond donors (Lipinski definition) is 2. The zero-order valence-corrected chi connectivity index (χ0v) is 17.6. The molecule has 1 aromatic carbocycles. The Kier molecular flexibility index (Phi) is 5.63. The quantitative estimate of drug-likeness (QED) is 0.643. The fraction of sp³-hybridized carbons (Fsp3) is 0.300. The molecule has 0 unspecified atom stereocenters. The topological polar surface area (TPSA) is 106 Å². The van der Waals surface area contributed by atoms with Gasteiger partial charge in [0.15, 0.2) is 5.76 Å². The maximum absolute atomic E-state index is 12.4. The van der Waals surface area contributed by atoms with Crippen LogP contribution in [0.25, 0.3) is 0 Å². The summed E-state index contributed by atoms with van der Waals surface area (Å²) in [6.07, 6.45) is 1.58.